The first-order valence-corrected chi connectivity index (χ1v) is 7.47. The van der Waals surface area contributed by atoms with Crippen LogP contribution in [-0.2, 0) is 19.6 Å². The highest BCUT2D eigenvalue weighted by Gasteiger charge is 2.31. The number of rotatable bonds is 7. The normalized spacial score (nSPS) is 19.6. The van der Waals surface area contributed by atoms with Crippen LogP contribution < -0.4 is 4.72 Å². The van der Waals surface area contributed by atoms with Crippen molar-refractivity contribution in [3.63, 3.8) is 0 Å². The number of ether oxygens (including phenoxy) is 1. The number of aliphatic carboxylic acids is 1. The predicted molar refractivity (Wildman–Crippen MR) is 63.7 cm³/mol. The molecule has 0 aromatic heterocycles. The lowest BCUT2D eigenvalue weighted by Crippen LogP contribution is -2.47. The first-order chi connectivity index (χ1) is 8.33. The molecule has 18 heavy (non-hydrogen) atoms. The number of carboxylic acids is 1. The van der Waals surface area contributed by atoms with Crippen LogP contribution in [0.1, 0.15) is 25.7 Å². The van der Waals surface area contributed by atoms with Gasteiger partial charge in [0.1, 0.15) is 0 Å². The van der Waals surface area contributed by atoms with Crippen LogP contribution in [0.15, 0.2) is 0 Å². The molecule has 0 spiro atoms. The molecule has 0 aromatic carbocycles. The molecule has 1 heterocycles. The summed E-state index contributed by atoms with van der Waals surface area (Å²) in [4.78, 5) is 10.3. The monoisotopic (exact) mass is 281 g/mol. The van der Waals surface area contributed by atoms with Gasteiger partial charge in [0.15, 0.2) is 0 Å². The zero-order chi connectivity index (χ0) is 13.6. The molecule has 3 N–H and O–H groups in total. The Labute approximate surface area is 106 Å². The molecule has 1 saturated heterocycles. The molecule has 0 bridgehead atoms. The van der Waals surface area contributed by atoms with Crippen LogP contribution in [0, 0.1) is 0 Å². The second kappa shape index (κ2) is 6.46. The summed E-state index contributed by atoms with van der Waals surface area (Å²) in [7, 11) is -3.53. The molecule has 8 heteroatoms. The van der Waals surface area contributed by atoms with E-state index < -0.39 is 21.6 Å². The van der Waals surface area contributed by atoms with E-state index in [1.807, 2.05) is 0 Å². The summed E-state index contributed by atoms with van der Waals surface area (Å²) < 4.78 is 30.5. The first kappa shape index (κ1) is 15.4. The lowest BCUT2D eigenvalue weighted by Gasteiger charge is -2.31. The van der Waals surface area contributed by atoms with Gasteiger partial charge in [0.05, 0.1) is 11.4 Å². The van der Waals surface area contributed by atoms with E-state index in [9.17, 15) is 18.3 Å². The molecule has 0 amide bonds. The maximum absolute atomic E-state index is 11.6. The van der Waals surface area contributed by atoms with Crippen LogP contribution in [0.4, 0.5) is 0 Å². The average molecular weight is 281 g/mol. The summed E-state index contributed by atoms with van der Waals surface area (Å²) >= 11 is 0. The third-order valence-electron chi connectivity index (χ3n) is 2.85. The molecule has 7 nitrogen and oxygen atoms in total. The molecule has 0 atom stereocenters. The molecule has 1 rings (SSSR count). The minimum absolute atomic E-state index is 0.0498. The number of aliphatic hydroxyl groups is 1. The van der Waals surface area contributed by atoms with Crippen LogP contribution >= 0.6 is 0 Å². The van der Waals surface area contributed by atoms with Gasteiger partial charge in [-0.25, -0.2) is 13.1 Å². The second-order valence-electron chi connectivity index (χ2n) is 4.47. The van der Waals surface area contributed by atoms with Gasteiger partial charge < -0.3 is 14.9 Å². The molecule has 106 valence electrons. The summed E-state index contributed by atoms with van der Waals surface area (Å²) in [5.41, 5.74) is -1.06. The molecule has 0 aromatic rings. The van der Waals surface area contributed by atoms with Gasteiger partial charge in [-0.3, -0.25) is 4.79 Å². The van der Waals surface area contributed by atoms with Crippen molar-refractivity contribution in [2.45, 2.75) is 31.3 Å². The lowest BCUT2D eigenvalue weighted by atomic mass is 9.95. The van der Waals surface area contributed by atoms with Crippen LogP contribution in [0.25, 0.3) is 0 Å². The SMILES string of the molecule is O=C(O)CCCS(=O)(=O)NCC1(O)CCOCC1. The van der Waals surface area contributed by atoms with Gasteiger partial charge in [0, 0.05) is 39.0 Å². The highest BCUT2D eigenvalue weighted by atomic mass is 32.2. The van der Waals surface area contributed by atoms with Gasteiger partial charge in [-0.2, -0.15) is 0 Å². The fourth-order valence-corrected chi connectivity index (χ4v) is 2.82. The molecule has 0 aliphatic carbocycles. The third kappa shape index (κ3) is 5.76. The Morgan fingerprint density at radius 3 is 2.50 bits per heavy atom. The first-order valence-electron chi connectivity index (χ1n) is 5.82. The topological polar surface area (TPSA) is 113 Å². The zero-order valence-electron chi connectivity index (χ0n) is 10.1. The molecular formula is C10H19NO6S. The number of hydrogen-bond donors (Lipinski definition) is 3. The fourth-order valence-electron chi connectivity index (χ4n) is 1.66. The fraction of sp³-hybridized carbons (Fsp3) is 0.900. The molecule has 1 fully saturated rings. The van der Waals surface area contributed by atoms with E-state index in [1.54, 1.807) is 0 Å². The Kier molecular flexibility index (Phi) is 5.51. The largest absolute Gasteiger partial charge is 0.481 e. The van der Waals surface area contributed by atoms with Crippen molar-refractivity contribution in [2.75, 3.05) is 25.5 Å². The van der Waals surface area contributed by atoms with E-state index in [1.165, 1.54) is 0 Å². The summed E-state index contributed by atoms with van der Waals surface area (Å²) in [6.45, 7) is 0.778. The van der Waals surface area contributed by atoms with Crippen molar-refractivity contribution in [3.05, 3.63) is 0 Å². The van der Waals surface area contributed by atoms with E-state index in [0.29, 0.717) is 26.1 Å². The highest BCUT2D eigenvalue weighted by molar-refractivity contribution is 7.89. The van der Waals surface area contributed by atoms with E-state index in [2.05, 4.69) is 4.72 Å². The smallest absolute Gasteiger partial charge is 0.303 e. The summed E-state index contributed by atoms with van der Waals surface area (Å²) in [5, 5.41) is 18.5. The van der Waals surface area contributed by atoms with E-state index >= 15 is 0 Å². The van der Waals surface area contributed by atoms with Crippen LogP contribution in [0.5, 0.6) is 0 Å². The van der Waals surface area contributed by atoms with Crippen molar-refractivity contribution in [1.29, 1.82) is 0 Å². The van der Waals surface area contributed by atoms with Gasteiger partial charge >= 0.3 is 5.97 Å². The Morgan fingerprint density at radius 2 is 1.94 bits per heavy atom. The number of carbonyl (C=O) groups is 1. The van der Waals surface area contributed by atoms with E-state index in [4.69, 9.17) is 9.84 Å². The quantitative estimate of drug-likeness (QED) is 0.569. The number of hydrogen-bond acceptors (Lipinski definition) is 5. The Morgan fingerprint density at radius 1 is 1.33 bits per heavy atom. The number of nitrogens with one attached hydrogen (secondary N) is 1. The van der Waals surface area contributed by atoms with Gasteiger partial charge in [-0.1, -0.05) is 0 Å². The van der Waals surface area contributed by atoms with Gasteiger partial charge in [-0.05, 0) is 6.42 Å². The zero-order valence-corrected chi connectivity index (χ0v) is 10.9. The molecule has 0 unspecified atom stereocenters. The van der Waals surface area contributed by atoms with E-state index in [-0.39, 0.29) is 25.1 Å². The minimum atomic E-state index is -3.53. The lowest BCUT2D eigenvalue weighted by molar-refractivity contribution is -0.137. The highest BCUT2D eigenvalue weighted by Crippen LogP contribution is 2.19. The summed E-state index contributed by atoms with van der Waals surface area (Å²) in [6, 6.07) is 0. The van der Waals surface area contributed by atoms with Gasteiger partial charge in [0.2, 0.25) is 10.0 Å². The molecule has 1 aliphatic heterocycles. The standard InChI is InChI=1S/C10H19NO6S/c12-9(13)2-1-7-18(15,16)11-8-10(14)3-5-17-6-4-10/h11,14H,1-8H2,(H,12,13). The van der Waals surface area contributed by atoms with Gasteiger partial charge in [-0.15, -0.1) is 0 Å². The van der Waals surface area contributed by atoms with Crippen molar-refractivity contribution in [1.82, 2.24) is 4.72 Å². The molecule has 1 aliphatic rings. The molecule has 0 radical (unpaired) electrons. The summed E-state index contributed by atoms with van der Waals surface area (Å²) in [5.74, 6) is -1.26. The molecular weight excluding hydrogens is 262 g/mol. The van der Waals surface area contributed by atoms with Crippen molar-refractivity contribution in [2.24, 2.45) is 0 Å². The summed E-state index contributed by atoms with van der Waals surface area (Å²) in [6.07, 6.45) is 0.667. The second-order valence-corrected chi connectivity index (χ2v) is 6.40. The van der Waals surface area contributed by atoms with Crippen LogP contribution in [-0.4, -0.2) is 55.7 Å². The van der Waals surface area contributed by atoms with Crippen molar-refractivity contribution < 1.29 is 28.2 Å². The average Bonchev–Trinajstić information content (AvgIpc) is 2.27. The van der Waals surface area contributed by atoms with E-state index in [0.717, 1.165) is 0 Å². The predicted octanol–water partition coefficient (Wildman–Crippen LogP) is -0.688. The Hall–Kier alpha value is -0.700. The minimum Gasteiger partial charge on any atom is -0.481 e. The maximum atomic E-state index is 11.6. The van der Waals surface area contributed by atoms with Gasteiger partial charge in [0.25, 0.3) is 0 Å². The number of carboxylic acid groups (broad SMARTS) is 1. The van der Waals surface area contributed by atoms with Crippen molar-refractivity contribution in [3.8, 4) is 0 Å². The third-order valence-corrected chi connectivity index (χ3v) is 4.26. The Bertz CT molecular complexity index is 374. The Balaban J connectivity index is 2.34. The molecule has 0 saturated carbocycles. The van der Waals surface area contributed by atoms with Crippen LogP contribution in [0.2, 0.25) is 0 Å². The maximum Gasteiger partial charge on any atom is 0.303 e. The van der Waals surface area contributed by atoms with Crippen LogP contribution in [0.3, 0.4) is 0 Å². The number of sulfonamides is 1. The van der Waals surface area contributed by atoms with Crippen molar-refractivity contribution >= 4 is 16.0 Å².